The third-order valence-corrected chi connectivity index (χ3v) is 2.52. The maximum absolute atomic E-state index is 11.4. The first kappa shape index (κ1) is 13.1. The predicted molar refractivity (Wildman–Crippen MR) is 69.7 cm³/mol. The summed E-state index contributed by atoms with van der Waals surface area (Å²) in [5.41, 5.74) is 1.50. The minimum absolute atomic E-state index is 0.111. The normalized spacial score (nSPS) is 10.0. The zero-order valence-corrected chi connectivity index (χ0v) is 10.8. The fraction of sp³-hybridized carbons (Fsp3) is 0.364. The van der Waals surface area contributed by atoms with E-state index in [4.69, 9.17) is 23.2 Å². The van der Waals surface area contributed by atoms with Crippen molar-refractivity contribution in [1.29, 1.82) is 0 Å². The molecule has 0 aliphatic carbocycles. The standard InChI is InChI=1S/C11H14Cl2N2O/c1-15(2)11-8(13)4-3-5-9(11)14-10(16)6-7-12/h3-5H,6-7H2,1-2H3,(H,14,16). The SMILES string of the molecule is CN(C)c1c(Cl)cccc1NC(=O)CCCl. The van der Waals surface area contributed by atoms with Crippen molar-refractivity contribution in [2.24, 2.45) is 0 Å². The number of hydrogen-bond acceptors (Lipinski definition) is 2. The van der Waals surface area contributed by atoms with Crippen LogP contribution in [-0.4, -0.2) is 25.9 Å². The average Bonchev–Trinajstić information content (AvgIpc) is 2.17. The van der Waals surface area contributed by atoms with Crippen molar-refractivity contribution in [3.63, 3.8) is 0 Å². The summed E-state index contributed by atoms with van der Waals surface area (Å²) in [4.78, 5) is 13.3. The quantitative estimate of drug-likeness (QED) is 0.845. The molecule has 0 aliphatic heterocycles. The van der Waals surface area contributed by atoms with E-state index in [0.717, 1.165) is 5.69 Å². The second-order valence-electron chi connectivity index (χ2n) is 3.52. The maximum Gasteiger partial charge on any atom is 0.225 e. The molecule has 3 nitrogen and oxygen atoms in total. The third-order valence-electron chi connectivity index (χ3n) is 2.03. The summed E-state index contributed by atoms with van der Waals surface area (Å²) in [6.45, 7) is 0. The van der Waals surface area contributed by atoms with Gasteiger partial charge in [0.2, 0.25) is 5.91 Å². The Labute approximate surface area is 105 Å². The van der Waals surface area contributed by atoms with Crippen molar-refractivity contribution in [2.75, 3.05) is 30.2 Å². The molecule has 0 bridgehead atoms. The summed E-state index contributed by atoms with van der Waals surface area (Å²) in [5.74, 6) is 0.198. The molecule has 0 unspecified atom stereocenters. The van der Waals surface area contributed by atoms with Crippen LogP contribution < -0.4 is 10.2 Å². The Morgan fingerprint density at radius 1 is 1.44 bits per heavy atom. The van der Waals surface area contributed by atoms with Crippen molar-refractivity contribution < 1.29 is 4.79 Å². The van der Waals surface area contributed by atoms with E-state index in [2.05, 4.69) is 5.32 Å². The van der Waals surface area contributed by atoms with Gasteiger partial charge >= 0.3 is 0 Å². The van der Waals surface area contributed by atoms with E-state index in [-0.39, 0.29) is 5.91 Å². The number of halogens is 2. The lowest BCUT2D eigenvalue weighted by Crippen LogP contribution is -2.17. The molecule has 1 rings (SSSR count). The van der Waals surface area contributed by atoms with E-state index in [9.17, 15) is 4.79 Å². The van der Waals surface area contributed by atoms with Crippen LogP contribution in [0.1, 0.15) is 6.42 Å². The van der Waals surface area contributed by atoms with Crippen molar-refractivity contribution in [3.05, 3.63) is 23.2 Å². The summed E-state index contributed by atoms with van der Waals surface area (Å²) >= 11 is 11.6. The van der Waals surface area contributed by atoms with Gasteiger partial charge in [0.15, 0.2) is 0 Å². The Kier molecular flexibility index (Phi) is 4.90. The highest BCUT2D eigenvalue weighted by molar-refractivity contribution is 6.34. The third kappa shape index (κ3) is 3.29. The molecule has 0 atom stereocenters. The van der Waals surface area contributed by atoms with Gasteiger partial charge in [-0.15, -0.1) is 11.6 Å². The molecule has 1 amide bonds. The second-order valence-corrected chi connectivity index (χ2v) is 4.30. The second kappa shape index (κ2) is 5.97. The molecule has 0 fully saturated rings. The van der Waals surface area contributed by atoms with Gasteiger partial charge in [0.25, 0.3) is 0 Å². The van der Waals surface area contributed by atoms with Crippen molar-refractivity contribution in [2.45, 2.75) is 6.42 Å². The average molecular weight is 261 g/mol. The smallest absolute Gasteiger partial charge is 0.225 e. The van der Waals surface area contributed by atoms with Gasteiger partial charge in [-0.05, 0) is 12.1 Å². The summed E-state index contributed by atoms with van der Waals surface area (Å²) < 4.78 is 0. The summed E-state index contributed by atoms with van der Waals surface area (Å²) in [6, 6.07) is 5.40. The number of nitrogens with zero attached hydrogens (tertiary/aromatic N) is 1. The number of rotatable bonds is 4. The zero-order valence-electron chi connectivity index (χ0n) is 9.26. The van der Waals surface area contributed by atoms with Crippen molar-refractivity contribution in [3.8, 4) is 0 Å². The number of anilines is 2. The van der Waals surface area contributed by atoms with Crippen LogP contribution in [0.4, 0.5) is 11.4 Å². The Hall–Kier alpha value is -0.930. The number of amides is 1. The number of nitrogens with one attached hydrogen (secondary N) is 1. The highest BCUT2D eigenvalue weighted by Gasteiger charge is 2.11. The molecule has 0 aromatic heterocycles. The molecule has 0 aliphatic rings. The fourth-order valence-electron chi connectivity index (χ4n) is 1.37. The molecule has 5 heteroatoms. The molecule has 16 heavy (non-hydrogen) atoms. The van der Waals surface area contributed by atoms with Crippen LogP contribution in [0.15, 0.2) is 18.2 Å². The predicted octanol–water partition coefficient (Wildman–Crippen LogP) is 2.97. The van der Waals surface area contributed by atoms with Gasteiger partial charge in [0.05, 0.1) is 16.4 Å². The lowest BCUT2D eigenvalue weighted by Gasteiger charge is -2.19. The lowest BCUT2D eigenvalue weighted by atomic mass is 10.2. The minimum Gasteiger partial charge on any atom is -0.375 e. The maximum atomic E-state index is 11.4. The monoisotopic (exact) mass is 260 g/mol. The van der Waals surface area contributed by atoms with E-state index >= 15 is 0 Å². The minimum atomic E-state index is -0.111. The van der Waals surface area contributed by atoms with Gasteiger partial charge in [-0.25, -0.2) is 0 Å². The number of carbonyl (C=O) groups is 1. The van der Waals surface area contributed by atoms with Crippen molar-refractivity contribution >= 4 is 40.5 Å². The van der Waals surface area contributed by atoms with Gasteiger partial charge in [0, 0.05) is 26.4 Å². The molecule has 0 heterocycles. The number of alkyl halides is 1. The van der Waals surface area contributed by atoms with Gasteiger partial charge in [-0.2, -0.15) is 0 Å². The molecule has 88 valence electrons. The summed E-state index contributed by atoms with van der Waals surface area (Å²) in [6.07, 6.45) is 0.293. The molecule has 0 saturated heterocycles. The molecule has 1 aromatic rings. The first-order chi connectivity index (χ1) is 7.56. The zero-order chi connectivity index (χ0) is 12.1. The first-order valence-corrected chi connectivity index (χ1v) is 5.79. The summed E-state index contributed by atoms with van der Waals surface area (Å²) in [5, 5.41) is 3.39. The van der Waals surface area contributed by atoms with Gasteiger partial charge in [0.1, 0.15) is 0 Å². The Bertz CT molecular complexity index is 380. The Morgan fingerprint density at radius 2 is 2.12 bits per heavy atom. The van der Waals surface area contributed by atoms with E-state index in [1.54, 1.807) is 12.1 Å². The fourth-order valence-corrected chi connectivity index (χ4v) is 1.88. The number of carbonyl (C=O) groups excluding carboxylic acids is 1. The Morgan fingerprint density at radius 3 is 2.69 bits per heavy atom. The van der Waals surface area contributed by atoms with Crippen LogP contribution in [0.2, 0.25) is 5.02 Å². The highest BCUT2D eigenvalue weighted by Crippen LogP contribution is 2.32. The van der Waals surface area contributed by atoms with Gasteiger partial charge in [-0.3, -0.25) is 4.79 Å². The van der Waals surface area contributed by atoms with Crippen molar-refractivity contribution in [1.82, 2.24) is 0 Å². The van der Waals surface area contributed by atoms with Gasteiger partial charge < -0.3 is 10.2 Å². The van der Waals surface area contributed by atoms with E-state index < -0.39 is 0 Å². The lowest BCUT2D eigenvalue weighted by molar-refractivity contribution is -0.115. The van der Waals surface area contributed by atoms with Crippen LogP contribution in [0.3, 0.4) is 0 Å². The molecule has 0 radical (unpaired) electrons. The largest absolute Gasteiger partial charge is 0.375 e. The topological polar surface area (TPSA) is 32.3 Å². The first-order valence-electron chi connectivity index (χ1n) is 4.88. The number of hydrogen-bond donors (Lipinski definition) is 1. The molecular formula is C11H14Cl2N2O. The number of para-hydroxylation sites is 1. The van der Waals surface area contributed by atoms with E-state index in [1.807, 2.05) is 25.1 Å². The van der Waals surface area contributed by atoms with Crippen LogP contribution in [0.5, 0.6) is 0 Å². The van der Waals surface area contributed by atoms with Crippen LogP contribution in [0, 0.1) is 0 Å². The van der Waals surface area contributed by atoms with E-state index in [1.165, 1.54) is 0 Å². The number of benzene rings is 1. The Balaban J connectivity index is 2.95. The molecule has 0 spiro atoms. The summed E-state index contributed by atoms with van der Waals surface area (Å²) in [7, 11) is 3.75. The molecule has 0 saturated carbocycles. The molecular weight excluding hydrogens is 247 g/mol. The van der Waals surface area contributed by atoms with Gasteiger partial charge in [-0.1, -0.05) is 17.7 Å². The van der Waals surface area contributed by atoms with Crippen LogP contribution >= 0.6 is 23.2 Å². The van der Waals surface area contributed by atoms with Crippen LogP contribution in [-0.2, 0) is 4.79 Å². The van der Waals surface area contributed by atoms with E-state index in [0.29, 0.717) is 23.0 Å². The van der Waals surface area contributed by atoms with Crippen LogP contribution in [0.25, 0.3) is 0 Å². The molecule has 1 aromatic carbocycles. The molecule has 1 N–H and O–H groups in total. The highest BCUT2D eigenvalue weighted by atomic mass is 35.5.